The Morgan fingerprint density at radius 3 is 2.69 bits per heavy atom. The van der Waals surface area contributed by atoms with Gasteiger partial charge in [0.2, 0.25) is 11.9 Å². The molecule has 2 heterocycles. The molecule has 1 spiro atoms. The summed E-state index contributed by atoms with van der Waals surface area (Å²) in [6.07, 6.45) is 8.69. The van der Waals surface area contributed by atoms with E-state index >= 15 is 0 Å². The van der Waals surface area contributed by atoms with Gasteiger partial charge in [-0.15, -0.1) is 0 Å². The van der Waals surface area contributed by atoms with Crippen LogP contribution in [0.3, 0.4) is 0 Å². The van der Waals surface area contributed by atoms with Crippen LogP contribution in [0.1, 0.15) is 37.7 Å². The summed E-state index contributed by atoms with van der Waals surface area (Å²) in [6, 6.07) is 8.21. The Morgan fingerprint density at radius 1 is 1.15 bits per heavy atom. The Kier molecular flexibility index (Phi) is 4.32. The van der Waals surface area contributed by atoms with Crippen LogP contribution in [0.2, 0.25) is 5.02 Å². The summed E-state index contributed by atoms with van der Waals surface area (Å²) in [7, 11) is 0. The van der Waals surface area contributed by atoms with Crippen LogP contribution in [0.4, 0.5) is 5.69 Å². The van der Waals surface area contributed by atoms with Crippen LogP contribution >= 0.6 is 11.6 Å². The molecule has 0 saturated heterocycles. The number of guanidine groups is 2. The second-order valence-corrected chi connectivity index (χ2v) is 7.28. The topological polar surface area (TPSA) is 97.8 Å². The molecule has 1 aromatic carbocycles. The zero-order chi connectivity index (χ0) is 18.1. The number of hydrogen-bond donors (Lipinski definition) is 2. The fourth-order valence-electron chi connectivity index (χ4n) is 3.90. The normalized spacial score (nSPS) is 19.3. The lowest BCUT2D eigenvalue weighted by molar-refractivity contribution is 0.305. The minimum atomic E-state index is -0.429. The van der Waals surface area contributed by atoms with Gasteiger partial charge in [-0.1, -0.05) is 30.2 Å². The molecule has 1 saturated carbocycles. The monoisotopic (exact) mass is 371 g/mol. The van der Waals surface area contributed by atoms with Crippen LogP contribution in [-0.2, 0) is 6.54 Å². The van der Waals surface area contributed by atoms with Crippen molar-refractivity contribution in [3.05, 3.63) is 47.2 Å². The van der Waals surface area contributed by atoms with Crippen molar-refractivity contribution in [1.29, 1.82) is 0 Å². The Labute approximate surface area is 157 Å². The smallest absolute Gasteiger partial charge is 0.220 e. The van der Waals surface area contributed by atoms with Gasteiger partial charge in [0.1, 0.15) is 5.66 Å². The van der Waals surface area contributed by atoms with E-state index in [0.29, 0.717) is 17.5 Å². The van der Waals surface area contributed by atoms with Crippen molar-refractivity contribution in [3.8, 4) is 0 Å². The van der Waals surface area contributed by atoms with Crippen LogP contribution in [0.15, 0.2) is 46.6 Å². The van der Waals surface area contributed by atoms with E-state index in [1.165, 1.54) is 6.42 Å². The Hall–Kier alpha value is -2.54. The lowest BCUT2D eigenvalue weighted by Gasteiger charge is -2.45. The highest BCUT2D eigenvalue weighted by Gasteiger charge is 2.42. The van der Waals surface area contributed by atoms with Crippen molar-refractivity contribution in [1.82, 2.24) is 9.78 Å². The highest BCUT2D eigenvalue weighted by atomic mass is 35.5. The lowest BCUT2D eigenvalue weighted by Crippen LogP contribution is -2.58. The van der Waals surface area contributed by atoms with E-state index in [2.05, 4.69) is 22.2 Å². The van der Waals surface area contributed by atoms with Crippen LogP contribution < -0.4 is 16.4 Å². The number of rotatable bonds is 3. The summed E-state index contributed by atoms with van der Waals surface area (Å²) in [4.78, 5) is 11.0. The molecule has 1 aromatic heterocycles. The van der Waals surface area contributed by atoms with Crippen molar-refractivity contribution < 1.29 is 0 Å². The number of aliphatic imine (C=N–C) groups is 2. The third-order valence-electron chi connectivity index (χ3n) is 4.97. The molecule has 0 radical (unpaired) electrons. The first-order chi connectivity index (χ1) is 12.6. The van der Waals surface area contributed by atoms with Crippen LogP contribution in [0.5, 0.6) is 0 Å². The molecule has 0 atom stereocenters. The van der Waals surface area contributed by atoms with Crippen LogP contribution in [-0.4, -0.2) is 27.4 Å². The van der Waals surface area contributed by atoms with Gasteiger partial charge in [0.25, 0.3) is 0 Å². The van der Waals surface area contributed by atoms with Crippen molar-refractivity contribution in [2.24, 2.45) is 21.5 Å². The highest BCUT2D eigenvalue weighted by Crippen LogP contribution is 2.39. The first-order valence-electron chi connectivity index (χ1n) is 8.82. The molecular weight excluding hydrogens is 350 g/mol. The van der Waals surface area contributed by atoms with E-state index in [9.17, 15) is 0 Å². The standard InChI is InChI=1S/C18H22ClN7/c19-14-10-22-25(12-14)11-13-5-4-6-15(9-13)26-17(21)23-16(20)24-18(26)7-2-1-3-8-18/h4-6,9-10,12H,1-3,7-8,11H2,(H4,20,21,23,24). The third-order valence-corrected chi connectivity index (χ3v) is 5.16. The van der Waals surface area contributed by atoms with Gasteiger partial charge >= 0.3 is 0 Å². The second kappa shape index (κ2) is 6.64. The lowest BCUT2D eigenvalue weighted by atomic mass is 9.87. The zero-order valence-electron chi connectivity index (χ0n) is 14.5. The zero-order valence-corrected chi connectivity index (χ0v) is 15.2. The Morgan fingerprint density at radius 2 is 1.96 bits per heavy atom. The fraction of sp³-hybridized carbons (Fsp3) is 0.389. The van der Waals surface area contributed by atoms with Crippen LogP contribution in [0.25, 0.3) is 0 Å². The summed E-state index contributed by atoms with van der Waals surface area (Å²) in [5.74, 6) is 0.668. The van der Waals surface area contributed by atoms with Gasteiger partial charge in [0.05, 0.1) is 17.8 Å². The number of hydrogen-bond acceptors (Lipinski definition) is 6. The highest BCUT2D eigenvalue weighted by molar-refractivity contribution is 6.30. The first kappa shape index (κ1) is 16.9. The SMILES string of the molecule is NC1=NC2(CCCCC2)N(c2cccc(Cn3cc(Cl)cn3)c2)C(N)=N1. The van der Waals surface area contributed by atoms with Crippen molar-refractivity contribution in [3.63, 3.8) is 0 Å². The van der Waals surface area contributed by atoms with Gasteiger partial charge in [-0.2, -0.15) is 10.1 Å². The summed E-state index contributed by atoms with van der Waals surface area (Å²) in [5, 5.41) is 4.87. The summed E-state index contributed by atoms with van der Waals surface area (Å²) >= 11 is 5.96. The largest absolute Gasteiger partial charge is 0.369 e. The quantitative estimate of drug-likeness (QED) is 0.866. The predicted molar refractivity (Wildman–Crippen MR) is 104 cm³/mol. The fourth-order valence-corrected chi connectivity index (χ4v) is 4.06. The van der Waals surface area contributed by atoms with Gasteiger partial charge in [-0.3, -0.25) is 9.58 Å². The molecule has 8 heteroatoms. The molecule has 0 bridgehead atoms. The Balaban J connectivity index is 1.68. The van der Waals surface area contributed by atoms with Gasteiger partial charge in [0, 0.05) is 11.9 Å². The maximum atomic E-state index is 6.29. The molecule has 2 aromatic rings. The summed E-state index contributed by atoms with van der Waals surface area (Å²) < 4.78 is 1.81. The van der Waals surface area contributed by atoms with E-state index in [4.69, 9.17) is 28.1 Å². The molecule has 136 valence electrons. The number of nitrogens with zero attached hydrogens (tertiary/aromatic N) is 5. The van der Waals surface area contributed by atoms with Gasteiger partial charge in [-0.25, -0.2) is 4.99 Å². The number of nitrogens with two attached hydrogens (primary N) is 2. The second-order valence-electron chi connectivity index (χ2n) is 6.84. The first-order valence-corrected chi connectivity index (χ1v) is 9.20. The molecule has 1 aliphatic heterocycles. The minimum Gasteiger partial charge on any atom is -0.369 e. The predicted octanol–water partition coefficient (Wildman–Crippen LogP) is 2.69. The van der Waals surface area contributed by atoms with Crippen molar-refractivity contribution in [2.45, 2.75) is 44.3 Å². The summed E-state index contributed by atoms with van der Waals surface area (Å²) in [6.45, 7) is 0.629. The van der Waals surface area contributed by atoms with Gasteiger partial charge in [0.15, 0.2) is 0 Å². The molecular formula is C18H22ClN7. The molecule has 4 rings (SSSR count). The third kappa shape index (κ3) is 3.14. The molecule has 0 unspecified atom stereocenters. The van der Waals surface area contributed by atoms with E-state index in [0.717, 1.165) is 36.9 Å². The molecule has 2 aliphatic rings. The number of benzene rings is 1. The van der Waals surface area contributed by atoms with Crippen molar-refractivity contribution in [2.75, 3.05) is 4.90 Å². The summed E-state index contributed by atoms with van der Waals surface area (Å²) in [5.41, 5.74) is 13.9. The molecule has 1 aliphatic carbocycles. The molecule has 7 nitrogen and oxygen atoms in total. The maximum absolute atomic E-state index is 6.29. The average molecular weight is 372 g/mol. The van der Waals surface area contributed by atoms with E-state index in [-0.39, 0.29) is 5.96 Å². The van der Waals surface area contributed by atoms with Crippen molar-refractivity contribution >= 4 is 29.2 Å². The van der Waals surface area contributed by atoms with E-state index in [1.807, 2.05) is 21.7 Å². The van der Waals surface area contributed by atoms with E-state index < -0.39 is 5.66 Å². The van der Waals surface area contributed by atoms with Crippen LogP contribution in [0, 0.1) is 0 Å². The molecule has 1 fully saturated rings. The molecule has 26 heavy (non-hydrogen) atoms. The maximum Gasteiger partial charge on any atom is 0.220 e. The van der Waals surface area contributed by atoms with Gasteiger partial charge in [-0.05, 0) is 43.4 Å². The number of aromatic nitrogens is 2. The Bertz CT molecular complexity index is 864. The van der Waals surface area contributed by atoms with E-state index in [1.54, 1.807) is 12.4 Å². The average Bonchev–Trinajstić information content (AvgIpc) is 3.00. The number of anilines is 1. The number of halogens is 1. The molecule has 0 amide bonds. The molecule has 4 N–H and O–H groups in total. The minimum absolute atomic E-state index is 0.267. The van der Waals surface area contributed by atoms with Gasteiger partial charge < -0.3 is 11.5 Å².